The molecule has 2 aromatic rings. The molecule has 1 aromatic heterocycles. The second-order valence-electron chi connectivity index (χ2n) is 5.20. The number of benzene rings is 1. The molecule has 102 valence electrons. The van der Waals surface area contributed by atoms with E-state index in [4.69, 9.17) is 0 Å². The Kier molecular flexibility index (Phi) is 4.68. The number of nitrogens with one attached hydrogen (secondary N) is 1. The smallest absolute Gasteiger partial charge is 0.0830 e. The van der Waals surface area contributed by atoms with Crippen molar-refractivity contribution >= 4 is 0 Å². The summed E-state index contributed by atoms with van der Waals surface area (Å²) in [5, 5.41) is 11.4. The first-order chi connectivity index (χ1) is 9.17. The van der Waals surface area contributed by atoms with Crippen LogP contribution in [0.15, 0.2) is 30.5 Å². The Balaban J connectivity index is 2.01. The lowest BCUT2D eigenvalue weighted by molar-refractivity contribution is 0.488. The first kappa shape index (κ1) is 13.7. The lowest BCUT2D eigenvalue weighted by atomic mass is 9.94. The van der Waals surface area contributed by atoms with Crippen LogP contribution in [0.3, 0.4) is 0 Å². The fraction of sp³-hybridized carbons (Fsp3) is 0.467. The molecule has 1 atom stereocenters. The molecule has 0 aliphatic carbocycles. The molecule has 0 fully saturated rings. The average Bonchev–Trinajstić information content (AvgIpc) is 2.78. The summed E-state index contributed by atoms with van der Waals surface area (Å²) in [6, 6.07) is 8.78. The molecule has 4 nitrogen and oxygen atoms in total. The Hall–Kier alpha value is -1.68. The zero-order valence-corrected chi connectivity index (χ0v) is 11.9. The third-order valence-electron chi connectivity index (χ3n) is 3.29. The summed E-state index contributed by atoms with van der Waals surface area (Å²) >= 11 is 0. The quantitative estimate of drug-likeness (QED) is 0.858. The molecular formula is C15H22N4. The Morgan fingerprint density at radius 3 is 2.53 bits per heavy atom. The largest absolute Gasteiger partial charge is 0.319 e. The van der Waals surface area contributed by atoms with E-state index in [0.717, 1.165) is 25.1 Å². The first-order valence-electron chi connectivity index (χ1n) is 6.72. The van der Waals surface area contributed by atoms with Gasteiger partial charge in [-0.2, -0.15) is 0 Å². The lowest BCUT2D eigenvalue weighted by Crippen LogP contribution is -2.23. The van der Waals surface area contributed by atoms with Crippen molar-refractivity contribution in [3.05, 3.63) is 47.3 Å². The number of aryl methyl sites for hydroxylation is 2. The molecular weight excluding hydrogens is 236 g/mol. The Morgan fingerprint density at radius 1 is 1.21 bits per heavy atom. The molecule has 1 unspecified atom stereocenters. The van der Waals surface area contributed by atoms with Crippen LogP contribution < -0.4 is 5.32 Å². The minimum absolute atomic E-state index is 0.546. The van der Waals surface area contributed by atoms with Gasteiger partial charge in [-0.1, -0.05) is 35.0 Å². The molecule has 0 aliphatic rings. The number of nitrogens with zero attached hydrogens (tertiary/aromatic N) is 3. The molecule has 0 saturated carbocycles. The Bertz CT molecular complexity index is 501. The van der Waals surface area contributed by atoms with E-state index in [9.17, 15) is 0 Å². The summed E-state index contributed by atoms with van der Waals surface area (Å²) in [7, 11) is 3.91. The second kappa shape index (κ2) is 6.48. The molecule has 19 heavy (non-hydrogen) atoms. The van der Waals surface area contributed by atoms with Crippen molar-refractivity contribution in [2.24, 2.45) is 13.0 Å². The number of hydrogen-bond acceptors (Lipinski definition) is 3. The molecule has 1 N–H and O–H groups in total. The van der Waals surface area contributed by atoms with Gasteiger partial charge in [0.15, 0.2) is 0 Å². The number of rotatable bonds is 6. The van der Waals surface area contributed by atoms with Gasteiger partial charge in [0, 0.05) is 13.2 Å². The van der Waals surface area contributed by atoms with Crippen LogP contribution in [0.4, 0.5) is 0 Å². The van der Waals surface area contributed by atoms with Gasteiger partial charge in [0.1, 0.15) is 0 Å². The normalized spacial score (nSPS) is 12.6. The van der Waals surface area contributed by atoms with Crippen LogP contribution >= 0.6 is 0 Å². The summed E-state index contributed by atoms with van der Waals surface area (Å²) in [5.74, 6) is 0.546. The maximum atomic E-state index is 4.18. The van der Waals surface area contributed by atoms with Gasteiger partial charge < -0.3 is 5.32 Å². The van der Waals surface area contributed by atoms with E-state index in [1.165, 1.54) is 11.1 Å². The highest BCUT2D eigenvalue weighted by atomic mass is 15.4. The predicted octanol–water partition coefficient (Wildman–Crippen LogP) is 1.74. The Morgan fingerprint density at radius 2 is 1.95 bits per heavy atom. The van der Waals surface area contributed by atoms with Gasteiger partial charge in [0.2, 0.25) is 0 Å². The number of hydrogen-bond donors (Lipinski definition) is 1. The maximum Gasteiger partial charge on any atom is 0.0830 e. The molecule has 0 saturated heterocycles. The van der Waals surface area contributed by atoms with E-state index in [1.54, 1.807) is 4.68 Å². The van der Waals surface area contributed by atoms with Gasteiger partial charge in [0.05, 0.1) is 5.69 Å². The molecule has 0 amide bonds. The van der Waals surface area contributed by atoms with Crippen LogP contribution in [0, 0.1) is 12.8 Å². The average molecular weight is 258 g/mol. The van der Waals surface area contributed by atoms with Gasteiger partial charge in [-0.25, -0.2) is 0 Å². The third-order valence-corrected chi connectivity index (χ3v) is 3.29. The lowest BCUT2D eigenvalue weighted by Gasteiger charge is -2.15. The molecule has 1 heterocycles. The van der Waals surface area contributed by atoms with E-state index in [-0.39, 0.29) is 0 Å². The SMILES string of the molecule is CNCC(Cc1ccc(C)cc1)Cc1cn(C)nn1. The fourth-order valence-corrected chi connectivity index (χ4v) is 2.35. The third kappa shape index (κ3) is 4.17. The highest BCUT2D eigenvalue weighted by Crippen LogP contribution is 2.13. The maximum absolute atomic E-state index is 4.18. The van der Waals surface area contributed by atoms with Gasteiger partial charge in [-0.05, 0) is 44.8 Å². The second-order valence-corrected chi connectivity index (χ2v) is 5.20. The molecule has 0 aliphatic heterocycles. The van der Waals surface area contributed by atoms with Crippen LogP contribution in [0.1, 0.15) is 16.8 Å². The van der Waals surface area contributed by atoms with E-state index in [1.807, 2.05) is 20.3 Å². The molecule has 4 heteroatoms. The van der Waals surface area contributed by atoms with Gasteiger partial charge in [-0.3, -0.25) is 4.68 Å². The van der Waals surface area contributed by atoms with Crippen LogP contribution in [0.5, 0.6) is 0 Å². The van der Waals surface area contributed by atoms with Crippen LogP contribution in [0.2, 0.25) is 0 Å². The van der Waals surface area contributed by atoms with Crippen molar-refractivity contribution in [3.8, 4) is 0 Å². The standard InChI is InChI=1S/C15H22N4/c1-12-4-6-13(7-5-12)8-14(10-16-2)9-15-11-19(3)18-17-15/h4-7,11,14,16H,8-10H2,1-3H3. The monoisotopic (exact) mass is 258 g/mol. The Labute approximate surface area is 114 Å². The van der Waals surface area contributed by atoms with E-state index in [0.29, 0.717) is 5.92 Å². The zero-order valence-electron chi connectivity index (χ0n) is 11.9. The van der Waals surface area contributed by atoms with Crippen molar-refractivity contribution in [2.45, 2.75) is 19.8 Å². The molecule has 0 bridgehead atoms. The predicted molar refractivity (Wildman–Crippen MR) is 77.0 cm³/mol. The van der Waals surface area contributed by atoms with E-state index >= 15 is 0 Å². The molecule has 0 spiro atoms. The van der Waals surface area contributed by atoms with Crippen molar-refractivity contribution in [3.63, 3.8) is 0 Å². The summed E-state index contributed by atoms with van der Waals surface area (Å²) in [5.41, 5.74) is 3.76. The summed E-state index contributed by atoms with van der Waals surface area (Å²) in [4.78, 5) is 0. The summed E-state index contributed by atoms with van der Waals surface area (Å²) < 4.78 is 1.76. The summed E-state index contributed by atoms with van der Waals surface area (Å²) in [6.45, 7) is 3.11. The zero-order chi connectivity index (χ0) is 13.7. The van der Waals surface area contributed by atoms with Crippen LogP contribution in [0.25, 0.3) is 0 Å². The van der Waals surface area contributed by atoms with Gasteiger partial charge in [-0.15, -0.1) is 5.10 Å². The number of aromatic nitrogens is 3. The van der Waals surface area contributed by atoms with Crippen molar-refractivity contribution in [1.29, 1.82) is 0 Å². The van der Waals surface area contributed by atoms with Gasteiger partial charge in [0.25, 0.3) is 0 Å². The topological polar surface area (TPSA) is 42.7 Å². The molecule has 0 radical (unpaired) electrons. The first-order valence-corrected chi connectivity index (χ1v) is 6.72. The molecule has 1 aromatic carbocycles. The van der Waals surface area contributed by atoms with Crippen molar-refractivity contribution in [1.82, 2.24) is 20.3 Å². The van der Waals surface area contributed by atoms with Crippen LogP contribution in [-0.4, -0.2) is 28.6 Å². The minimum Gasteiger partial charge on any atom is -0.319 e. The molecule has 2 rings (SSSR count). The minimum atomic E-state index is 0.546. The highest BCUT2D eigenvalue weighted by Gasteiger charge is 2.12. The summed E-state index contributed by atoms with van der Waals surface area (Å²) in [6.07, 6.45) is 4.03. The van der Waals surface area contributed by atoms with Crippen LogP contribution in [-0.2, 0) is 19.9 Å². The van der Waals surface area contributed by atoms with Crippen molar-refractivity contribution in [2.75, 3.05) is 13.6 Å². The van der Waals surface area contributed by atoms with Gasteiger partial charge >= 0.3 is 0 Å². The van der Waals surface area contributed by atoms with E-state index in [2.05, 4.69) is 46.8 Å². The van der Waals surface area contributed by atoms with E-state index < -0.39 is 0 Å². The van der Waals surface area contributed by atoms with Crippen molar-refractivity contribution < 1.29 is 0 Å². The highest BCUT2D eigenvalue weighted by molar-refractivity contribution is 5.22. The fourth-order valence-electron chi connectivity index (χ4n) is 2.35.